The normalized spacial score (nSPS) is 12.5. The van der Waals surface area contributed by atoms with Gasteiger partial charge in [-0.2, -0.15) is 52.7 Å². The topological polar surface area (TPSA) is 25.8 Å². The first kappa shape index (κ1) is 41.7. The summed E-state index contributed by atoms with van der Waals surface area (Å²) in [7, 11) is 0. The Balaban J connectivity index is 1.66. The van der Waals surface area contributed by atoms with Crippen LogP contribution in [0.15, 0.2) is 134 Å². The molecule has 0 aliphatic carbocycles. The minimum atomic E-state index is -5.09. The molecule has 0 fully saturated rings. The number of nitrogens with zero attached hydrogens (tertiary/aromatic N) is 2. The van der Waals surface area contributed by atoms with Crippen molar-refractivity contribution in [3.05, 3.63) is 167 Å². The molecule has 0 N–H and O–H groups in total. The van der Waals surface area contributed by atoms with Gasteiger partial charge in [-0.05, 0) is 129 Å². The molecule has 0 spiro atoms. The van der Waals surface area contributed by atoms with Crippen LogP contribution in [0.2, 0.25) is 0 Å². The van der Waals surface area contributed by atoms with Crippen molar-refractivity contribution in [2.24, 2.45) is 0 Å². The van der Waals surface area contributed by atoms with Gasteiger partial charge in [0, 0.05) is 35.9 Å². The maximum atomic E-state index is 15.1. The third-order valence-electron chi connectivity index (χ3n) is 10.1. The smallest absolute Gasteiger partial charge is 0.264 e. The number of pyridine rings is 2. The Morgan fingerprint density at radius 3 is 0.967 bits per heavy atom. The molecule has 0 amide bonds. The molecule has 0 saturated heterocycles. The molecular weight excluding hydrogens is 808 g/mol. The Bertz CT molecular complexity index is 2550. The fourth-order valence-corrected chi connectivity index (χ4v) is 7.35. The number of rotatable bonds is 6. The predicted octanol–water partition coefficient (Wildman–Crippen LogP) is 15.2. The van der Waals surface area contributed by atoms with Crippen LogP contribution < -0.4 is 0 Å². The van der Waals surface area contributed by atoms with Crippen LogP contribution >= 0.6 is 0 Å². The monoisotopic (exact) mass is 836 g/mol. The molecule has 14 heteroatoms. The quantitative estimate of drug-likeness (QED) is 0.156. The van der Waals surface area contributed by atoms with Crippen molar-refractivity contribution in [1.82, 2.24) is 9.97 Å². The van der Waals surface area contributed by atoms with Crippen LogP contribution in [0, 0.1) is 13.8 Å². The van der Waals surface area contributed by atoms with Gasteiger partial charge in [-0.15, -0.1) is 0 Å². The molecular formula is C46H28F12N2. The lowest BCUT2D eigenvalue weighted by Crippen LogP contribution is -2.10. The van der Waals surface area contributed by atoms with Gasteiger partial charge >= 0.3 is 24.7 Å². The molecule has 0 unspecified atom stereocenters. The molecule has 5 aromatic carbocycles. The summed E-state index contributed by atoms with van der Waals surface area (Å²) in [5.74, 6) is 0. The van der Waals surface area contributed by atoms with Gasteiger partial charge in [0.1, 0.15) is 0 Å². The van der Waals surface area contributed by atoms with Gasteiger partial charge in [-0.25, -0.2) is 0 Å². The lowest BCUT2D eigenvalue weighted by Gasteiger charge is -2.24. The Morgan fingerprint density at radius 2 is 0.633 bits per heavy atom. The summed E-state index contributed by atoms with van der Waals surface area (Å²) in [6.07, 6.45) is -16.5. The molecule has 2 nitrogen and oxygen atoms in total. The number of aromatic nitrogens is 2. The largest absolute Gasteiger partial charge is 0.417 e. The van der Waals surface area contributed by atoms with E-state index in [2.05, 4.69) is 9.97 Å². The summed E-state index contributed by atoms with van der Waals surface area (Å²) < 4.78 is 176. The number of alkyl halides is 12. The predicted molar refractivity (Wildman–Crippen MR) is 204 cm³/mol. The van der Waals surface area contributed by atoms with E-state index < -0.39 is 69.2 Å². The summed E-state index contributed by atoms with van der Waals surface area (Å²) in [5, 5.41) is 0. The van der Waals surface area contributed by atoms with Crippen LogP contribution in [0.5, 0.6) is 0 Å². The molecule has 0 bridgehead atoms. The lowest BCUT2D eigenvalue weighted by molar-refractivity contribution is -0.138. The number of benzene rings is 5. The number of halogens is 12. The van der Waals surface area contributed by atoms with Gasteiger partial charge in [0.25, 0.3) is 0 Å². The van der Waals surface area contributed by atoms with Crippen LogP contribution in [-0.4, -0.2) is 9.97 Å². The summed E-state index contributed by atoms with van der Waals surface area (Å²) >= 11 is 0. The molecule has 306 valence electrons. The third-order valence-corrected chi connectivity index (χ3v) is 10.1. The van der Waals surface area contributed by atoms with Gasteiger partial charge in [0.15, 0.2) is 0 Å². The molecule has 7 rings (SSSR count). The zero-order valence-electron chi connectivity index (χ0n) is 31.1. The van der Waals surface area contributed by atoms with E-state index in [1.165, 1.54) is 24.3 Å². The van der Waals surface area contributed by atoms with E-state index in [0.29, 0.717) is 35.4 Å². The Morgan fingerprint density at radius 1 is 0.317 bits per heavy atom. The van der Waals surface area contributed by atoms with Crippen molar-refractivity contribution in [2.45, 2.75) is 38.6 Å². The maximum absolute atomic E-state index is 15.1. The summed E-state index contributed by atoms with van der Waals surface area (Å²) in [6.45, 7) is 3.23. The minimum absolute atomic E-state index is 0.0406. The van der Waals surface area contributed by atoms with Crippen molar-refractivity contribution >= 4 is 0 Å². The average molecular weight is 837 g/mol. The molecule has 0 saturated carbocycles. The van der Waals surface area contributed by atoms with Gasteiger partial charge in [0.2, 0.25) is 0 Å². The van der Waals surface area contributed by atoms with Crippen LogP contribution in [-0.2, 0) is 24.7 Å². The summed E-state index contributed by atoms with van der Waals surface area (Å²) in [6, 6.07) is 21.4. The molecule has 0 radical (unpaired) electrons. The number of aryl methyl sites for hydroxylation is 2. The maximum Gasteiger partial charge on any atom is 0.417 e. The molecule has 0 aliphatic heterocycles. The second-order valence-electron chi connectivity index (χ2n) is 13.9. The van der Waals surface area contributed by atoms with Crippen molar-refractivity contribution < 1.29 is 52.7 Å². The first-order valence-electron chi connectivity index (χ1n) is 17.9. The first-order valence-corrected chi connectivity index (χ1v) is 17.9. The van der Waals surface area contributed by atoms with E-state index in [-0.39, 0.29) is 44.5 Å². The van der Waals surface area contributed by atoms with Crippen molar-refractivity contribution in [2.75, 3.05) is 0 Å². The molecule has 2 aromatic heterocycles. The number of hydrogen-bond donors (Lipinski definition) is 0. The number of hydrogen-bond acceptors (Lipinski definition) is 2. The highest BCUT2D eigenvalue weighted by molar-refractivity contribution is 5.98. The minimum Gasteiger partial charge on any atom is -0.264 e. The molecule has 60 heavy (non-hydrogen) atoms. The SMILES string of the molecule is Cc1ccccc1-c1cc(-c2cc(-c3cnccc3C(F)(F)F)ccc2C(F)(F)F)c(-c2ccccc2C)cc1-c1cc(-c2cnccc2C(F)(F)F)ccc1C(F)(F)F. The highest BCUT2D eigenvalue weighted by Crippen LogP contribution is 2.51. The lowest BCUT2D eigenvalue weighted by atomic mass is 9.81. The van der Waals surface area contributed by atoms with Crippen LogP contribution in [0.1, 0.15) is 33.4 Å². The highest BCUT2D eigenvalue weighted by Gasteiger charge is 2.39. The molecule has 0 aliphatic rings. The van der Waals surface area contributed by atoms with Crippen LogP contribution in [0.4, 0.5) is 52.7 Å². The van der Waals surface area contributed by atoms with Crippen LogP contribution in [0.3, 0.4) is 0 Å². The van der Waals surface area contributed by atoms with E-state index in [4.69, 9.17) is 0 Å². The van der Waals surface area contributed by atoms with Gasteiger partial charge in [-0.1, -0.05) is 60.7 Å². The van der Waals surface area contributed by atoms with E-state index >= 15 is 26.3 Å². The average Bonchev–Trinajstić information content (AvgIpc) is 3.19. The zero-order chi connectivity index (χ0) is 43.4. The second-order valence-corrected chi connectivity index (χ2v) is 13.9. The fourth-order valence-electron chi connectivity index (χ4n) is 7.35. The van der Waals surface area contributed by atoms with Gasteiger partial charge < -0.3 is 0 Å². The molecule has 0 atom stereocenters. The zero-order valence-corrected chi connectivity index (χ0v) is 31.1. The van der Waals surface area contributed by atoms with Crippen molar-refractivity contribution in [3.63, 3.8) is 0 Å². The van der Waals surface area contributed by atoms with Crippen molar-refractivity contribution in [1.29, 1.82) is 0 Å². The van der Waals surface area contributed by atoms with Crippen molar-refractivity contribution in [3.8, 4) is 66.8 Å². The second kappa shape index (κ2) is 15.3. The first-order chi connectivity index (χ1) is 28.1. The fraction of sp³-hybridized carbons (Fsp3) is 0.130. The van der Waals surface area contributed by atoms with Gasteiger partial charge in [0.05, 0.1) is 22.3 Å². The Labute approximate surface area is 334 Å². The van der Waals surface area contributed by atoms with E-state index in [1.807, 2.05) is 0 Å². The van der Waals surface area contributed by atoms with E-state index in [1.54, 1.807) is 50.2 Å². The standard InChI is InChI=1S/C46H28F12N2/c1-25-7-3-5-9-29(25)31-21-34(36-20-28(12-14-40(36)44(50,51)52)38-24-60-18-16-42(38)46(56,57)58)32(30-10-6-4-8-26(30)2)22-33(31)35-19-27(11-13-39(35)43(47,48)49)37-23-59-17-15-41(37)45(53,54)55/h3-24H,1-2H3. The van der Waals surface area contributed by atoms with E-state index in [9.17, 15) is 26.3 Å². The summed E-state index contributed by atoms with van der Waals surface area (Å²) in [4.78, 5) is 7.58. The highest BCUT2D eigenvalue weighted by atomic mass is 19.4. The van der Waals surface area contributed by atoms with Gasteiger partial charge in [-0.3, -0.25) is 9.97 Å². The Kier molecular flexibility index (Phi) is 10.6. The molecule has 2 heterocycles. The Hall–Kier alpha value is -6.44. The van der Waals surface area contributed by atoms with Crippen LogP contribution in [0.25, 0.3) is 66.8 Å². The summed E-state index contributed by atoms with van der Waals surface area (Å²) in [5.41, 5.74) is -6.63. The van der Waals surface area contributed by atoms with E-state index in [0.717, 1.165) is 49.1 Å². The third kappa shape index (κ3) is 8.10. The molecule has 7 aromatic rings.